The fraction of sp³-hybridized carbons (Fsp3) is 1.00. The van der Waals surface area contributed by atoms with Crippen LogP contribution in [0.3, 0.4) is 0 Å². The van der Waals surface area contributed by atoms with Crippen molar-refractivity contribution in [2.24, 2.45) is 0 Å². The van der Waals surface area contributed by atoms with Crippen LogP contribution in [0.4, 0.5) is 0 Å². The second kappa shape index (κ2) is 16.5. The maximum Gasteiger partial charge on any atom is 0.0588 e. The highest BCUT2D eigenvalue weighted by Crippen LogP contribution is 2.00. The van der Waals surface area contributed by atoms with Crippen molar-refractivity contribution in [3.8, 4) is 0 Å². The van der Waals surface area contributed by atoms with Crippen LogP contribution >= 0.6 is 31.9 Å². The summed E-state index contributed by atoms with van der Waals surface area (Å²) in [6.07, 6.45) is 7.01. The van der Waals surface area contributed by atoms with Crippen molar-refractivity contribution in [2.45, 2.75) is 46.0 Å². The first-order valence-electron chi connectivity index (χ1n) is 3.95. The van der Waals surface area contributed by atoms with Crippen molar-refractivity contribution in [3.05, 3.63) is 0 Å². The van der Waals surface area contributed by atoms with E-state index < -0.39 is 0 Å². The Labute approximate surface area is 82.0 Å². The Morgan fingerprint density at radius 3 is 1.30 bits per heavy atom. The van der Waals surface area contributed by atoms with Crippen molar-refractivity contribution in [3.63, 3.8) is 0 Å². The molecule has 0 aromatic heterocycles. The molecule has 0 radical (unpaired) electrons. The van der Waals surface area contributed by atoms with Crippen LogP contribution in [0, 0.1) is 0 Å². The third-order valence-corrected chi connectivity index (χ3v) is 1.21. The van der Waals surface area contributed by atoms with Gasteiger partial charge in [-0.1, -0.05) is 77.8 Å². The molecule has 0 atom stereocenters. The van der Waals surface area contributed by atoms with Crippen molar-refractivity contribution in [1.29, 1.82) is 0 Å². The molecule has 0 heterocycles. The standard InChI is InChI=1S/C7H16.CH2Br2/c1-3-5-7-6-4-2;2-1-3/h3-7H2,1-2H3;1H2. The second-order valence-electron chi connectivity index (χ2n) is 2.16. The molecule has 0 amide bonds. The number of hydrogen-bond donors (Lipinski definition) is 0. The summed E-state index contributed by atoms with van der Waals surface area (Å²) >= 11 is 6.12. The number of alkyl halides is 2. The lowest BCUT2D eigenvalue weighted by molar-refractivity contribution is 0.656. The predicted molar refractivity (Wildman–Crippen MR) is 57.2 cm³/mol. The number of hydrogen-bond acceptors (Lipinski definition) is 0. The molecule has 0 aliphatic heterocycles. The highest BCUT2D eigenvalue weighted by molar-refractivity contribution is 9.24. The smallest absolute Gasteiger partial charge is 0.0588 e. The Morgan fingerprint density at radius 2 is 1.10 bits per heavy atom. The van der Waals surface area contributed by atoms with Crippen LogP contribution in [0.25, 0.3) is 0 Å². The van der Waals surface area contributed by atoms with E-state index in [2.05, 4.69) is 45.7 Å². The fourth-order valence-electron chi connectivity index (χ4n) is 0.677. The van der Waals surface area contributed by atoms with Crippen molar-refractivity contribution in [1.82, 2.24) is 0 Å². The zero-order chi connectivity index (χ0) is 8.24. The molecule has 10 heavy (non-hydrogen) atoms. The first kappa shape index (κ1) is 13.5. The van der Waals surface area contributed by atoms with Crippen LogP contribution in [0.2, 0.25) is 0 Å². The largest absolute Gasteiger partial charge is 0.0802 e. The summed E-state index contributed by atoms with van der Waals surface area (Å²) in [5.74, 6) is 0. The van der Waals surface area contributed by atoms with E-state index in [1.165, 1.54) is 32.1 Å². The van der Waals surface area contributed by atoms with Gasteiger partial charge in [0.25, 0.3) is 0 Å². The van der Waals surface area contributed by atoms with Gasteiger partial charge < -0.3 is 0 Å². The molecular formula is C8H18Br2. The van der Waals surface area contributed by atoms with Crippen molar-refractivity contribution >= 4 is 31.9 Å². The number of unbranched alkanes of at least 4 members (excludes halogenated alkanes) is 4. The fourth-order valence-corrected chi connectivity index (χ4v) is 0.677. The molecule has 0 saturated carbocycles. The molecule has 0 N–H and O–H groups in total. The SMILES string of the molecule is BrCBr.CCCCCCC. The predicted octanol–water partition coefficient (Wildman–Crippen LogP) is 4.71. The third kappa shape index (κ3) is 23.1. The topological polar surface area (TPSA) is 0 Å². The van der Waals surface area contributed by atoms with Gasteiger partial charge in [0.05, 0.1) is 4.24 Å². The molecule has 0 bridgehead atoms. The quantitative estimate of drug-likeness (QED) is 0.514. The highest BCUT2D eigenvalue weighted by atomic mass is 79.9. The average molecular weight is 274 g/mol. The normalized spacial score (nSPS) is 8.40. The molecule has 0 aromatic carbocycles. The Balaban J connectivity index is 0. The van der Waals surface area contributed by atoms with Crippen LogP contribution in [0.1, 0.15) is 46.0 Å². The molecule has 0 aromatic rings. The Hall–Kier alpha value is 0.960. The van der Waals surface area contributed by atoms with E-state index in [9.17, 15) is 0 Å². The molecule has 2 heteroatoms. The zero-order valence-corrected chi connectivity index (χ0v) is 10.2. The van der Waals surface area contributed by atoms with Crippen molar-refractivity contribution in [2.75, 3.05) is 4.24 Å². The maximum absolute atomic E-state index is 3.06. The number of halogens is 2. The van der Waals surface area contributed by atoms with E-state index >= 15 is 0 Å². The van der Waals surface area contributed by atoms with Gasteiger partial charge in [0.15, 0.2) is 0 Å². The maximum atomic E-state index is 3.06. The van der Waals surface area contributed by atoms with Gasteiger partial charge in [0.1, 0.15) is 0 Å². The van der Waals surface area contributed by atoms with Crippen molar-refractivity contribution < 1.29 is 0 Å². The minimum atomic E-state index is 0.875. The first-order chi connectivity index (χ1) is 4.83. The van der Waals surface area contributed by atoms with Gasteiger partial charge >= 0.3 is 0 Å². The van der Waals surface area contributed by atoms with Crippen LogP contribution < -0.4 is 0 Å². The highest BCUT2D eigenvalue weighted by Gasteiger charge is 1.80. The Bertz CT molecular complexity index is 34.2. The molecule has 0 aliphatic carbocycles. The summed E-state index contributed by atoms with van der Waals surface area (Å²) in [7, 11) is 0. The van der Waals surface area contributed by atoms with E-state index in [1.807, 2.05) is 0 Å². The van der Waals surface area contributed by atoms with Gasteiger partial charge in [0.2, 0.25) is 0 Å². The van der Waals surface area contributed by atoms with Gasteiger partial charge in [-0.3, -0.25) is 0 Å². The summed E-state index contributed by atoms with van der Waals surface area (Å²) in [6, 6.07) is 0. The molecule has 0 aliphatic rings. The zero-order valence-electron chi connectivity index (χ0n) is 7.00. The Kier molecular flexibility index (Phi) is 22.4. The van der Waals surface area contributed by atoms with E-state index in [0.29, 0.717) is 0 Å². The molecular weight excluding hydrogens is 256 g/mol. The lowest BCUT2D eigenvalue weighted by atomic mass is 10.2. The molecule has 0 spiro atoms. The van der Waals surface area contributed by atoms with Crippen LogP contribution in [0.15, 0.2) is 0 Å². The lowest BCUT2D eigenvalue weighted by Crippen LogP contribution is -1.70. The van der Waals surface area contributed by atoms with Crippen LogP contribution in [-0.4, -0.2) is 4.24 Å². The van der Waals surface area contributed by atoms with Gasteiger partial charge in [-0.25, -0.2) is 0 Å². The molecule has 0 rings (SSSR count). The Morgan fingerprint density at radius 1 is 0.800 bits per heavy atom. The number of rotatable bonds is 4. The molecule has 0 unspecified atom stereocenters. The van der Waals surface area contributed by atoms with Gasteiger partial charge in [0, 0.05) is 0 Å². The molecule has 64 valence electrons. The summed E-state index contributed by atoms with van der Waals surface area (Å²) in [4.78, 5) is 0. The third-order valence-electron chi connectivity index (χ3n) is 1.21. The summed E-state index contributed by atoms with van der Waals surface area (Å²) in [5.41, 5.74) is 0. The summed E-state index contributed by atoms with van der Waals surface area (Å²) < 4.78 is 0.875. The minimum Gasteiger partial charge on any atom is -0.0802 e. The van der Waals surface area contributed by atoms with E-state index in [4.69, 9.17) is 0 Å². The van der Waals surface area contributed by atoms with Gasteiger partial charge in [-0.15, -0.1) is 0 Å². The van der Waals surface area contributed by atoms with E-state index in [0.717, 1.165) is 4.24 Å². The lowest BCUT2D eigenvalue weighted by Gasteiger charge is -1.90. The summed E-state index contributed by atoms with van der Waals surface area (Å²) in [6.45, 7) is 4.49. The molecule has 0 fully saturated rings. The first-order valence-corrected chi connectivity index (χ1v) is 6.19. The monoisotopic (exact) mass is 272 g/mol. The molecule has 0 nitrogen and oxygen atoms in total. The van der Waals surface area contributed by atoms with Crippen LogP contribution in [0.5, 0.6) is 0 Å². The average Bonchev–Trinajstić information content (AvgIpc) is 1.91. The van der Waals surface area contributed by atoms with E-state index in [1.54, 1.807) is 0 Å². The van der Waals surface area contributed by atoms with Gasteiger partial charge in [-0.2, -0.15) is 0 Å². The van der Waals surface area contributed by atoms with Gasteiger partial charge in [-0.05, 0) is 0 Å². The van der Waals surface area contributed by atoms with E-state index in [-0.39, 0.29) is 0 Å². The second-order valence-corrected chi connectivity index (χ2v) is 4.79. The molecule has 0 saturated heterocycles. The summed E-state index contributed by atoms with van der Waals surface area (Å²) in [5, 5.41) is 0. The minimum absolute atomic E-state index is 0.875. The van der Waals surface area contributed by atoms with Crippen LogP contribution in [-0.2, 0) is 0 Å².